The number of hydrogen-bond acceptors (Lipinski definition) is 2. The van der Waals surface area contributed by atoms with Crippen LogP contribution in [0.4, 0.5) is 0 Å². The Balaban J connectivity index is 1.38. The van der Waals surface area contributed by atoms with Gasteiger partial charge in [0, 0.05) is 53.7 Å². The Morgan fingerprint density at radius 2 is 0.829 bits per heavy atom. The Bertz CT molecular complexity index is 2220. The van der Waals surface area contributed by atoms with E-state index in [9.17, 15) is 0 Å². The molecule has 0 bridgehead atoms. The first-order chi connectivity index (χ1) is 20.1. The summed E-state index contributed by atoms with van der Waals surface area (Å²) in [4.78, 5) is 0. The van der Waals surface area contributed by atoms with Crippen LogP contribution in [-0.4, -0.2) is 4.57 Å². The highest BCUT2D eigenvalue weighted by molar-refractivity contribution is 7.90. The van der Waals surface area contributed by atoms with Crippen LogP contribution in [0.1, 0.15) is 0 Å². The standard InChI is InChI=1S/C36H23NO2P2/c38-40(24-12-2-1-3-13-24)31-20-10-22-33-35(31)36-32(40)21-11-23-34(36)41(33,39)30-19-9-8-18-29(30)37-27-16-6-4-14-25(27)26-15-5-7-17-28(26)37/h1-23H. The van der Waals surface area contributed by atoms with Crippen LogP contribution in [0.25, 0.3) is 38.6 Å². The quantitative estimate of drug-likeness (QED) is 0.235. The lowest BCUT2D eigenvalue weighted by atomic mass is 10.1. The van der Waals surface area contributed by atoms with Crippen LogP contribution in [0, 0.1) is 0 Å². The van der Waals surface area contributed by atoms with Crippen LogP contribution in [-0.2, 0) is 9.13 Å². The van der Waals surface area contributed by atoms with Gasteiger partial charge >= 0.3 is 0 Å². The van der Waals surface area contributed by atoms with Gasteiger partial charge in [-0.1, -0.05) is 115 Å². The predicted molar refractivity (Wildman–Crippen MR) is 172 cm³/mol. The summed E-state index contributed by atoms with van der Waals surface area (Å²) in [5, 5.41) is 7.13. The van der Waals surface area contributed by atoms with Crippen molar-refractivity contribution in [2.45, 2.75) is 0 Å². The fourth-order valence-corrected chi connectivity index (χ4v) is 13.7. The average molecular weight is 564 g/mol. The molecule has 0 N–H and O–H groups in total. The van der Waals surface area contributed by atoms with Crippen molar-refractivity contribution in [2.75, 3.05) is 0 Å². The van der Waals surface area contributed by atoms with E-state index < -0.39 is 14.3 Å². The summed E-state index contributed by atoms with van der Waals surface area (Å²) in [6.07, 6.45) is 0. The summed E-state index contributed by atoms with van der Waals surface area (Å²) in [5.41, 5.74) is 4.89. The van der Waals surface area contributed by atoms with Crippen LogP contribution in [0.2, 0.25) is 0 Å². The normalized spacial score (nSPS) is 15.4. The predicted octanol–water partition coefficient (Wildman–Crippen LogP) is 6.36. The first-order valence-corrected chi connectivity index (χ1v) is 17.2. The van der Waals surface area contributed by atoms with E-state index in [4.69, 9.17) is 0 Å². The Morgan fingerprint density at radius 1 is 0.390 bits per heavy atom. The summed E-state index contributed by atoms with van der Waals surface area (Å²) >= 11 is 0. The molecule has 41 heavy (non-hydrogen) atoms. The van der Waals surface area contributed by atoms with Gasteiger partial charge in [-0.05, 0) is 24.3 Å². The summed E-state index contributed by atoms with van der Waals surface area (Å²) in [7, 11) is -6.40. The van der Waals surface area contributed by atoms with Crippen LogP contribution in [0.15, 0.2) is 140 Å². The second-order valence-electron chi connectivity index (χ2n) is 10.8. The lowest BCUT2D eigenvalue weighted by molar-refractivity contribution is 0.592. The molecule has 0 spiro atoms. The van der Waals surface area contributed by atoms with Gasteiger partial charge in [0.15, 0.2) is 14.3 Å². The van der Waals surface area contributed by atoms with E-state index in [1.807, 2.05) is 84.9 Å². The van der Waals surface area contributed by atoms with E-state index in [0.717, 1.165) is 70.4 Å². The second-order valence-corrected chi connectivity index (χ2v) is 16.1. The van der Waals surface area contributed by atoms with Gasteiger partial charge in [-0.25, -0.2) is 0 Å². The maximum Gasteiger partial charge on any atom is 0.174 e. The number of hydrogen-bond donors (Lipinski definition) is 0. The lowest BCUT2D eigenvalue weighted by Gasteiger charge is -2.24. The smallest absolute Gasteiger partial charge is 0.174 e. The molecular weight excluding hydrogens is 540 g/mol. The molecule has 0 amide bonds. The minimum absolute atomic E-state index is 0.791. The van der Waals surface area contributed by atoms with Crippen molar-refractivity contribution in [2.24, 2.45) is 0 Å². The van der Waals surface area contributed by atoms with Crippen molar-refractivity contribution in [3.8, 4) is 16.8 Å². The molecule has 0 radical (unpaired) electrons. The van der Waals surface area contributed by atoms with E-state index in [2.05, 4.69) is 59.2 Å². The lowest BCUT2D eigenvalue weighted by Crippen LogP contribution is -2.29. The van der Waals surface area contributed by atoms with Crippen LogP contribution in [0.3, 0.4) is 0 Å². The highest BCUT2D eigenvalue weighted by Gasteiger charge is 2.52. The van der Waals surface area contributed by atoms with Crippen molar-refractivity contribution in [3.63, 3.8) is 0 Å². The van der Waals surface area contributed by atoms with Crippen molar-refractivity contribution in [3.05, 3.63) is 140 Å². The molecule has 0 saturated heterocycles. The molecule has 0 saturated carbocycles. The zero-order valence-corrected chi connectivity index (χ0v) is 23.7. The van der Waals surface area contributed by atoms with Crippen molar-refractivity contribution in [1.29, 1.82) is 0 Å². The molecule has 0 atom stereocenters. The third kappa shape index (κ3) is 2.76. The van der Waals surface area contributed by atoms with Gasteiger partial charge in [0.1, 0.15) is 0 Å². The molecule has 5 heteroatoms. The highest BCUT2D eigenvalue weighted by Crippen LogP contribution is 2.61. The number of fused-ring (bicyclic) bond motifs is 3. The number of benzene rings is 6. The maximum absolute atomic E-state index is 15.9. The molecule has 1 aromatic heterocycles. The number of para-hydroxylation sites is 3. The summed E-state index contributed by atoms with van der Waals surface area (Å²) in [6, 6.07) is 46.5. The zero-order valence-electron chi connectivity index (χ0n) is 21.9. The van der Waals surface area contributed by atoms with Gasteiger partial charge in [-0.2, -0.15) is 0 Å². The summed E-state index contributed by atoms with van der Waals surface area (Å²) < 4.78 is 33.2. The fourth-order valence-electron chi connectivity index (χ4n) is 7.16. The number of nitrogens with zero attached hydrogens (tertiary/aromatic N) is 1. The minimum Gasteiger partial charge on any atom is -0.309 e. The molecule has 6 aromatic carbocycles. The molecule has 9 rings (SSSR count). The minimum atomic E-state index is -3.31. The topological polar surface area (TPSA) is 39.1 Å². The third-order valence-electron chi connectivity index (χ3n) is 8.81. The van der Waals surface area contributed by atoms with Crippen molar-refractivity contribution in [1.82, 2.24) is 4.57 Å². The van der Waals surface area contributed by atoms with Crippen LogP contribution in [0.5, 0.6) is 0 Å². The monoisotopic (exact) mass is 563 g/mol. The largest absolute Gasteiger partial charge is 0.309 e. The van der Waals surface area contributed by atoms with Gasteiger partial charge in [0.25, 0.3) is 0 Å². The van der Waals surface area contributed by atoms with Gasteiger partial charge in [0.2, 0.25) is 0 Å². The second kappa shape index (κ2) is 8.08. The molecule has 2 aliphatic rings. The van der Waals surface area contributed by atoms with E-state index in [-0.39, 0.29) is 0 Å². The Hall–Kier alpha value is -4.42. The van der Waals surface area contributed by atoms with Crippen molar-refractivity contribution < 1.29 is 9.13 Å². The highest BCUT2D eigenvalue weighted by atomic mass is 31.2. The number of aromatic nitrogens is 1. The molecule has 0 aliphatic carbocycles. The molecule has 3 nitrogen and oxygen atoms in total. The maximum atomic E-state index is 15.9. The Kier molecular flexibility index (Phi) is 4.59. The van der Waals surface area contributed by atoms with E-state index >= 15 is 9.13 Å². The molecule has 0 fully saturated rings. The van der Waals surface area contributed by atoms with Gasteiger partial charge in [0.05, 0.1) is 16.7 Å². The number of rotatable bonds is 3. The van der Waals surface area contributed by atoms with Gasteiger partial charge in [-0.3, -0.25) is 0 Å². The van der Waals surface area contributed by atoms with Crippen molar-refractivity contribution >= 4 is 67.9 Å². The van der Waals surface area contributed by atoms with Crippen LogP contribution < -0.4 is 31.8 Å². The van der Waals surface area contributed by atoms with E-state index in [1.165, 1.54) is 0 Å². The van der Waals surface area contributed by atoms with E-state index in [1.54, 1.807) is 0 Å². The molecule has 0 unspecified atom stereocenters. The fraction of sp³-hybridized carbons (Fsp3) is 0. The molecule has 194 valence electrons. The van der Waals surface area contributed by atoms with Gasteiger partial charge in [-0.15, -0.1) is 0 Å². The van der Waals surface area contributed by atoms with Crippen LogP contribution >= 0.6 is 14.3 Å². The SMILES string of the molecule is O=P1(c2ccccc2)c2cccc3c2-c2c1cccc2P3(=O)c1ccccc1-n1c2ccccc2c2ccccc21. The Labute approximate surface area is 237 Å². The zero-order chi connectivity index (χ0) is 27.3. The molecule has 3 heterocycles. The molecule has 2 aliphatic heterocycles. The molecule has 7 aromatic rings. The summed E-state index contributed by atoms with van der Waals surface area (Å²) in [6.45, 7) is 0. The third-order valence-corrected chi connectivity index (χ3v) is 15.1. The van der Waals surface area contributed by atoms with Gasteiger partial charge < -0.3 is 13.7 Å². The van der Waals surface area contributed by atoms with E-state index in [0.29, 0.717) is 0 Å². The first kappa shape index (κ1) is 23.3. The molecular formula is C36H23NO2P2. The summed E-state index contributed by atoms with van der Waals surface area (Å²) in [5.74, 6) is 0. The first-order valence-electron chi connectivity index (χ1n) is 13.8. The average Bonchev–Trinajstić information content (AvgIpc) is 3.62. The Morgan fingerprint density at radius 3 is 1.41 bits per heavy atom.